The number of unbranched alkanes of at least 4 members (excludes halogenated alkanes) is 1. The number of benzene rings is 1. The fraction of sp³-hybridized carbons (Fsp3) is 0.700. The van der Waals surface area contributed by atoms with E-state index in [4.69, 9.17) is 0 Å². The lowest BCUT2D eigenvalue weighted by Crippen LogP contribution is -2.38. The van der Waals surface area contributed by atoms with Crippen molar-refractivity contribution in [2.75, 3.05) is 7.05 Å². The van der Waals surface area contributed by atoms with Gasteiger partial charge in [0.1, 0.15) is 0 Å². The van der Waals surface area contributed by atoms with Crippen molar-refractivity contribution in [1.82, 2.24) is 5.32 Å². The van der Waals surface area contributed by atoms with Gasteiger partial charge >= 0.3 is 0 Å². The molecule has 0 bridgehead atoms. The molecule has 1 nitrogen and oxygen atoms in total. The van der Waals surface area contributed by atoms with Gasteiger partial charge in [0.2, 0.25) is 0 Å². The summed E-state index contributed by atoms with van der Waals surface area (Å²) >= 11 is 0. The van der Waals surface area contributed by atoms with Gasteiger partial charge in [-0.05, 0) is 55.7 Å². The van der Waals surface area contributed by atoms with Crippen molar-refractivity contribution in [2.24, 2.45) is 11.8 Å². The van der Waals surface area contributed by atoms with Crippen molar-refractivity contribution in [2.45, 2.75) is 71.3 Å². The first-order chi connectivity index (χ1) is 10.3. The molecule has 21 heavy (non-hydrogen) atoms. The Labute approximate surface area is 131 Å². The fourth-order valence-corrected chi connectivity index (χ4v) is 3.96. The Morgan fingerprint density at radius 1 is 1.19 bits per heavy atom. The average molecular weight is 287 g/mol. The Hall–Kier alpha value is -0.820. The van der Waals surface area contributed by atoms with Crippen molar-refractivity contribution in [3.05, 3.63) is 35.4 Å². The van der Waals surface area contributed by atoms with E-state index in [-0.39, 0.29) is 0 Å². The molecule has 0 aliphatic heterocycles. The summed E-state index contributed by atoms with van der Waals surface area (Å²) in [6.07, 6.45) is 10.7. The molecule has 1 aliphatic rings. The molecular weight excluding hydrogens is 254 g/mol. The molecule has 0 spiro atoms. The topological polar surface area (TPSA) is 12.0 Å². The molecule has 2 rings (SSSR count). The molecule has 0 saturated heterocycles. The summed E-state index contributed by atoms with van der Waals surface area (Å²) in [4.78, 5) is 0. The van der Waals surface area contributed by atoms with Crippen LogP contribution in [0.4, 0.5) is 0 Å². The summed E-state index contributed by atoms with van der Waals surface area (Å²) < 4.78 is 0. The normalized spacial score (nSPS) is 20.8. The van der Waals surface area contributed by atoms with Gasteiger partial charge in [-0.3, -0.25) is 0 Å². The zero-order valence-electron chi connectivity index (χ0n) is 14.2. The number of hydrogen-bond donors (Lipinski definition) is 1. The van der Waals surface area contributed by atoms with Crippen molar-refractivity contribution in [1.29, 1.82) is 0 Å². The lowest BCUT2D eigenvalue weighted by atomic mass is 9.77. The van der Waals surface area contributed by atoms with E-state index in [1.54, 1.807) is 11.1 Å². The maximum Gasteiger partial charge on any atom is 0.00982 e. The van der Waals surface area contributed by atoms with Crippen LogP contribution < -0.4 is 5.32 Å². The van der Waals surface area contributed by atoms with Gasteiger partial charge in [0, 0.05) is 6.04 Å². The van der Waals surface area contributed by atoms with E-state index < -0.39 is 0 Å². The smallest absolute Gasteiger partial charge is 0.00982 e. The first-order valence-corrected chi connectivity index (χ1v) is 9.02. The van der Waals surface area contributed by atoms with Crippen LogP contribution in [0.5, 0.6) is 0 Å². The largest absolute Gasteiger partial charge is 0.317 e. The van der Waals surface area contributed by atoms with Crippen LogP contribution in [0.2, 0.25) is 0 Å². The van der Waals surface area contributed by atoms with Gasteiger partial charge < -0.3 is 5.32 Å². The lowest BCUT2D eigenvalue weighted by molar-refractivity contribution is 0.267. The van der Waals surface area contributed by atoms with Gasteiger partial charge in [-0.15, -0.1) is 0 Å². The first kappa shape index (κ1) is 16.5. The molecule has 1 aromatic carbocycles. The van der Waals surface area contributed by atoms with Crippen LogP contribution in [0.15, 0.2) is 24.3 Å². The van der Waals surface area contributed by atoms with Gasteiger partial charge in [0.25, 0.3) is 0 Å². The summed E-state index contributed by atoms with van der Waals surface area (Å²) in [7, 11) is 2.16. The van der Waals surface area contributed by atoms with Crippen LogP contribution in [0.25, 0.3) is 0 Å². The molecule has 0 radical (unpaired) electrons. The fourth-order valence-electron chi connectivity index (χ4n) is 3.96. The predicted octanol–water partition coefficient (Wildman–Crippen LogP) is 4.99. The number of fused-ring (bicyclic) bond motifs is 1. The number of aryl methyl sites for hydroxylation is 1. The van der Waals surface area contributed by atoms with Gasteiger partial charge in [-0.1, -0.05) is 63.8 Å². The van der Waals surface area contributed by atoms with E-state index in [9.17, 15) is 0 Å². The SMILES string of the molecule is CCCCC(CC)CC(NC)C1CCc2ccccc2C1. The Kier molecular flexibility index (Phi) is 6.76. The molecule has 3 unspecified atom stereocenters. The molecule has 0 amide bonds. The highest BCUT2D eigenvalue weighted by atomic mass is 14.9. The minimum atomic E-state index is 0.695. The average Bonchev–Trinajstić information content (AvgIpc) is 2.55. The van der Waals surface area contributed by atoms with Crippen LogP contribution >= 0.6 is 0 Å². The Bertz CT molecular complexity index is 412. The standard InChI is InChI=1S/C20H33N/c1-4-6-9-16(5-2)14-20(21-3)19-13-12-17-10-7-8-11-18(17)15-19/h7-8,10-11,16,19-21H,4-6,9,12-15H2,1-3H3. The molecule has 0 aromatic heterocycles. The number of nitrogens with one attached hydrogen (secondary N) is 1. The maximum atomic E-state index is 3.64. The van der Waals surface area contributed by atoms with Crippen molar-refractivity contribution < 1.29 is 0 Å². The zero-order valence-corrected chi connectivity index (χ0v) is 14.2. The second kappa shape index (κ2) is 8.58. The Balaban J connectivity index is 1.95. The maximum absolute atomic E-state index is 3.64. The minimum Gasteiger partial charge on any atom is -0.317 e. The third kappa shape index (κ3) is 4.57. The second-order valence-corrected chi connectivity index (χ2v) is 6.82. The van der Waals surface area contributed by atoms with E-state index in [0.717, 1.165) is 11.8 Å². The van der Waals surface area contributed by atoms with Gasteiger partial charge in [-0.25, -0.2) is 0 Å². The van der Waals surface area contributed by atoms with Crippen molar-refractivity contribution in [3.8, 4) is 0 Å². The Morgan fingerprint density at radius 2 is 1.95 bits per heavy atom. The summed E-state index contributed by atoms with van der Waals surface area (Å²) in [5, 5.41) is 3.64. The molecule has 118 valence electrons. The highest BCUT2D eigenvalue weighted by molar-refractivity contribution is 5.30. The summed E-state index contributed by atoms with van der Waals surface area (Å²) in [6, 6.07) is 9.73. The molecule has 1 N–H and O–H groups in total. The van der Waals surface area contributed by atoms with Crippen LogP contribution in [-0.4, -0.2) is 13.1 Å². The van der Waals surface area contributed by atoms with Gasteiger partial charge in [0.15, 0.2) is 0 Å². The van der Waals surface area contributed by atoms with Crippen LogP contribution in [0.1, 0.15) is 63.5 Å². The van der Waals surface area contributed by atoms with Gasteiger partial charge in [0.05, 0.1) is 0 Å². The minimum absolute atomic E-state index is 0.695. The molecule has 1 heteroatoms. The van der Waals surface area contributed by atoms with Crippen LogP contribution in [0, 0.1) is 11.8 Å². The van der Waals surface area contributed by atoms with Gasteiger partial charge in [-0.2, -0.15) is 0 Å². The molecule has 0 fully saturated rings. The van der Waals surface area contributed by atoms with Crippen LogP contribution in [-0.2, 0) is 12.8 Å². The van der Waals surface area contributed by atoms with E-state index in [1.807, 2.05) is 0 Å². The quantitative estimate of drug-likeness (QED) is 0.710. The molecule has 0 saturated carbocycles. The third-order valence-electron chi connectivity index (χ3n) is 5.46. The van der Waals surface area contributed by atoms with Crippen molar-refractivity contribution >= 4 is 0 Å². The van der Waals surface area contributed by atoms with E-state index in [2.05, 4.69) is 50.5 Å². The monoisotopic (exact) mass is 287 g/mol. The second-order valence-electron chi connectivity index (χ2n) is 6.82. The van der Waals surface area contributed by atoms with E-state index in [0.29, 0.717) is 6.04 Å². The van der Waals surface area contributed by atoms with Crippen molar-refractivity contribution in [3.63, 3.8) is 0 Å². The summed E-state index contributed by atoms with van der Waals surface area (Å²) in [5.41, 5.74) is 3.18. The number of hydrogen-bond acceptors (Lipinski definition) is 1. The third-order valence-corrected chi connectivity index (χ3v) is 5.46. The van der Waals surface area contributed by atoms with Crippen LogP contribution in [0.3, 0.4) is 0 Å². The first-order valence-electron chi connectivity index (χ1n) is 9.02. The molecular formula is C20H33N. The highest BCUT2D eigenvalue weighted by Gasteiger charge is 2.26. The molecule has 0 heterocycles. The zero-order chi connectivity index (χ0) is 15.1. The highest BCUT2D eigenvalue weighted by Crippen LogP contribution is 2.31. The summed E-state index contributed by atoms with van der Waals surface area (Å²) in [6.45, 7) is 4.67. The van der Waals surface area contributed by atoms with E-state index in [1.165, 1.54) is 51.4 Å². The predicted molar refractivity (Wildman–Crippen MR) is 92.7 cm³/mol. The Morgan fingerprint density at radius 3 is 2.62 bits per heavy atom. The van der Waals surface area contributed by atoms with E-state index >= 15 is 0 Å². The molecule has 1 aromatic rings. The number of rotatable bonds is 8. The summed E-state index contributed by atoms with van der Waals surface area (Å²) in [5.74, 6) is 1.72. The molecule has 3 atom stereocenters. The molecule has 1 aliphatic carbocycles. The lowest BCUT2D eigenvalue weighted by Gasteiger charge is -2.33.